The van der Waals surface area contributed by atoms with E-state index < -0.39 is 0 Å². The minimum Gasteiger partial charge on any atom is -0.354 e. The van der Waals surface area contributed by atoms with Crippen LogP contribution in [0.2, 0.25) is 0 Å². The molecule has 0 unspecified atom stereocenters. The zero-order valence-electron chi connectivity index (χ0n) is 7.39. The van der Waals surface area contributed by atoms with E-state index in [1.54, 1.807) is 0 Å². The Morgan fingerprint density at radius 3 is 2.75 bits per heavy atom. The third-order valence-corrected chi connectivity index (χ3v) is 1.89. The molecule has 4 nitrogen and oxygen atoms in total. The van der Waals surface area contributed by atoms with Crippen molar-refractivity contribution in [2.24, 2.45) is 5.92 Å². The third kappa shape index (κ3) is 1.96. The van der Waals surface area contributed by atoms with E-state index in [9.17, 15) is 9.59 Å². The normalized spacial score (nSPS) is 22.6. The molecule has 1 rings (SSSR count). The first-order chi connectivity index (χ1) is 5.61. The van der Waals surface area contributed by atoms with Gasteiger partial charge in [0.05, 0.1) is 0 Å². The molecule has 0 radical (unpaired) electrons. The molecule has 1 fully saturated rings. The maximum atomic E-state index is 11.2. The van der Waals surface area contributed by atoms with Crippen LogP contribution in [0.25, 0.3) is 0 Å². The monoisotopic (exact) mass is 170 g/mol. The van der Waals surface area contributed by atoms with Crippen LogP contribution in [0.3, 0.4) is 0 Å². The molecular formula is C8H14N2O2. The van der Waals surface area contributed by atoms with Crippen molar-refractivity contribution in [3.63, 3.8) is 0 Å². The second-order valence-electron chi connectivity index (χ2n) is 3.30. The highest BCUT2D eigenvalue weighted by atomic mass is 16.2. The van der Waals surface area contributed by atoms with E-state index in [1.165, 1.54) is 0 Å². The molecule has 0 spiro atoms. The molecule has 2 amide bonds. The first-order valence-electron chi connectivity index (χ1n) is 4.19. The minimum atomic E-state index is -0.306. The van der Waals surface area contributed by atoms with Crippen LogP contribution in [-0.4, -0.2) is 24.4 Å². The molecule has 4 heteroatoms. The summed E-state index contributed by atoms with van der Waals surface area (Å²) in [5.41, 5.74) is 0. The Bertz CT molecular complexity index is 201. The number of rotatable bonds is 2. The molecular weight excluding hydrogens is 156 g/mol. The highest BCUT2D eigenvalue weighted by Gasteiger charge is 2.25. The van der Waals surface area contributed by atoms with Crippen LogP contribution in [0.5, 0.6) is 0 Å². The summed E-state index contributed by atoms with van der Waals surface area (Å²) in [6.07, 6.45) is 0.706. The number of hydrogen-bond donors (Lipinski definition) is 2. The lowest BCUT2D eigenvalue weighted by molar-refractivity contribution is -0.129. The minimum absolute atomic E-state index is 0.0570. The van der Waals surface area contributed by atoms with Crippen molar-refractivity contribution in [1.82, 2.24) is 10.6 Å². The van der Waals surface area contributed by atoms with Gasteiger partial charge in [0, 0.05) is 12.5 Å². The highest BCUT2D eigenvalue weighted by Crippen LogP contribution is 2.01. The van der Waals surface area contributed by atoms with E-state index in [4.69, 9.17) is 0 Å². The number of carbonyl (C=O) groups is 2. The molecule has 68 valence electrons. The van der Waals surface area contributed by atoms with Crippen LogP contribution in [-0.2, 0) is 9.59 Å². The summed E-state index contributed by atoms with van der Waals surface area (Å²) in [4.78, 5) is 22.2. The Kier molecular flexibility index (Phi) is 2.68. The molecule has 1 heterocycles. The number of amides is 2. The second kappa shape index (κ2) is 3.56. The van der Waals surface area contributed by atoms with Crippen molar-refractivity contribution in [3.05, 3.63) is 0 Å². The molecule has 0 aromatic carbocycles. The molecule has 0 aliphatic carbocycles. The van der Waals surface area contributed by atoms with Crippen molar-refractivity contribution in [3.8, 4) is 0 Å². The summed E-state index contributed by atoms with van der Waals surface area (Å²) in [5, 5.41) is 5.34. The zero-order valence-corrected chi connectivity index (χ0v) is 7.39. The molecule has 0 aromatic heterocycles. The van der Waals surface area contributed by atoms with E-state index in [-0.39, 0.29) is 23.8 Å². The van der Waals surface area contributed by atoms with Gasteiger partial charge in [-0.1, -0.05) is 13.8 Å². The van der Waals surface area contributed by atoms with Gasteiger partial charge in [-0.15, -0.1) is 0 Å². The Morgan fingerprint density at radius 1 is 1.67 bits per heavy atom. The lowest BCUT2D eigenvalue weighted by Gasteiger charge is -2.11. The lowest BCUT2D eigenvalue weighted by atomic mass is 10.2. The van der Waals surface area contributed by atoms with Crippen LogP contribution in [0, 0.1) is 5.92 Å². The molecule has 1 atom stereocenters. The van der Waals surface area contributed by atoms with Gasteiger partial charge in [-0.3, -0.25) is 9.59 Å². The Labute approximate surface area is 71.7 Å². The number of hydrogen-bond acceptors (Lipinski definition) is 2. The van der Waals surface area contributed by atoms with Crippen molar-refractivity contribution in [2.45, 2.75) is 26.3 Å². The Balaban J connectivity index is 2.40. The molecule has 2 N–H and O–H groups in total. The summed E-state index contributed by atoms with van der Waals surface area (Å²) < 4.78 is 0. The van der Waals surface area contributed by atoms with Gasteiger partial charge in [-0.05, 0) is 6.42 Å². The molecule has 0 aromatic rings. The average molecular weight is 170 g/mol. The Morgan fingerprint density at radius 2 is 2.33 bits per heavy atom. The first kappa shape index (κ1) is 9.03. The summed E-state index contributed by atoms with van der Waals surface area (Å²) in [6, 6.07) is -0.306. The molecule has 1 aliphatic rings. The van der Waals surface area contributed by atoms with Gasteiger partial charge < -0.3 is 10.6 Å². The second-order valence-corrected chi connectivity index (χ2v) is 3.30. The lowest BCUT2D eigenvalue weighted by Crippen LogP contribution is -2.41. The van der Waals surface area contributed by atoms with Gasteiger partial charge in [-0.2, -0.15) is 0 Å². The fourth-order valence-corrected chi connectivity index (χ4v) is 1.07. The smallest absolute Gasteiger partial charge is 0.242 e. The number of nitrogens with one attached hydrogen (secondary N) is 2. The van der Waals surface area contributed by atoms with E-state index >= 15 is 0 Å². The molecule has 1 saturated heterocycles. The van der Waals surface area contributed by atoms with Crippen molar-refractivity contribution < 1.29 is 9.59 Å². The molecule has 1 aliphatic heterocycles. The van der Waals surface area contributed by atoms with E-state index in [0.717, 1.165) is 0 Å². The standard InChI is InChI=1S/C8H14N2O2/c1-5(2)7(11)10-6-3-4-9-8(6)12/h5-6H,3-4H2,1-2H3,(H,9,12)(H,10,11)/t6-/m1/s1. The van der Waals surface area contributed by atoms with Crippen LogP contribution >= 0.6 is 0 Å². The fraction of sp³-hybridized carbons (Fsp3) is 0.750. The van der Waals surface area contributed by atoms with Crippen LogP contribution in [0.1, 0.15) is 20.3 Å². The van der Waals surface area contributed by atoms with Crippen molar-refractivity contribution in [1.29, 1.82) is 0 Å². The largest absolute Gasteiger partial charge is 0.354 e. The van der Waals surface area contributed by atoms with Gasteiger partial charge in [0.15, 0.2) is 0 Å². The van der Waals surface area contributed by atoms with Gasteiger partial charge in [0.25, 0.3) is 0 Å². The maximum absolute atomic E-state index is 11.2. The van der Waals surface area contributed by atoms with Crippen LogP contribution in [0.15, 0.2) is 0 Å². The highest BCUT2D eigenvalue weighted by molar-refractivity contribution is 5.89. The van der Waals surface area contributed by atoms with Crippen LogP contribution in [0.4, 0.5) is 0 Å². The maximum Gasteiger partial charge on any atom is 0.242 e. The predicted octanol–water partition coefficient (Wildman–Crippen LogP) is -0.353. The van der Waals surface area contributed by atoms with E-state index in [0.29, 0.717) is 13.0 Å². The summed E-state index contributed by atoms with van der Waals surface area (Å²) >= 11 is 0. The van der Waals surface area contributed by atoms with Gasteiger partial charge in [0.2, 0.25) is 11.8 Å². The Hall–Kier alpha value is -1.06. The topological polar surface area (TPSA) is 58.2 Å². The van der Waals surface area contributed by atoms with E-state index in [2.05, 4.69) is 10.6 Å². The van der Waals surface area contributed by atoms with Gasteiger partial charge in [-0.25, -0.2) is 0 Å². The SMILES string of the molecule is CC(C)C(=O)N[C@@H]1CCNC1=O. The van der Waals surface area contributed by atoms with Gasteiger partial charge in [0.1, 0.15) is 6.04 Å². The fourth-order valence-electron chi connectivity index (χ4n) is 1.07. The van der Waals surface area contributed by atoms with Crippen LogP contribution < -0.4 is 10.6 Å². The number of carbonyl (C=O) groups excluding carboxylic acids is 2. The summed E-state index contributed by atoms with van der Waals surface area (Å²) in [7, 11) is 0. The molecule has 0 saturated carbocycles. The zero-order chi connectivity index (χ0) is 9.14. The summed E-state index contributed by atoms with van der Waals surface area (Å²) in [6.45, 7) is 4.28. The summed E-state index contributed by atoms with van der Waals surface area (Å²) in [5.74, 6) is -0.181. The molecule has 0 bridgehead atoms. The molecule has 12 heavy (non-hydrogen) atoms. The quantitative estimate of drug-likeness (QED) is 0.595. The van der Waals surface area contributed by atoms with Crippen molar-refractivity contribution in [2.75, 3.05) is 6.54 Å². The van der Waals surface area contributed by atoms with Gasteiger partial charge >= 0.3 is 0 Å². The third-order valence-electron chi connectivity index (χ3n) is 1.89. The average Bonchev–Trinajstić information content (AvgIpc) is 2.36. The van der Waals surface area contributed by atoms with E-state index in [1.807, 2.05) is 13.8 Å². The first-order valence-corrected chi connectivity index (χ1v) is 4.19. The predicted molar refractivity (Wildman–Crippen MR) is 44.4 cm³/mol. The van der Waals surface area contributed by atoms with Crippen molar-refractivity contribution >= 4 is 11.8 Å².